The summed E-state index contributed by atoms with van der Waals surface area (Å²) in [5, 5.41) is 2.37. The normalized spacial score (nSPS) is 8.43. The van der Waals surface area contributed by atoms with Crippen molar-refractivity contribution in [3.05, 3.63) is 35.9 Å². The van der Waals surface area contributed by atoms with Gasteiger partial charge in [0.25, 0.3) is 0 Å². The van der Waals surface area contributed by atoms with Gasteiger partial charge in [0.05, 0.1) is 0 Å². The molecule has 0 saturated heterocycles. The van der Waals surface area contributed by atoms with Crippen molar-refractivity contribution >= 4 is 6.09 Å². The number of hydrogen-bond donors (Lipinski definition) is 1. The van der Waals surface area contributed by atoms with Crippen LogP contribution in [0.2, 0.25) is 0 Å². The molecule has 0 aliphatic carbocycles. The van der Waals surface area contributed by atoms with Gasteiger partial charge in [-0.05, 0) is 5.56 Å². The lowest BCUT2D eigenvalue weighted by Gasteiger charge is -2.02. The highest BCUT2D eigenvalue weighted by molar-refractivity contribution is 5.66. The van der Waals surface area contributed by atoms with Gasteiger partial charge in [-0.15, -0.1) is 12.8 Å². The zero-order valence-electron chi connectivity index (χ0n) is 8.99. The summed E-state index contributed by atoms with van der Waals surface area (Å²) in [6.07, 6.45) is 5.36. The summed E-state index contributed by atoms with van der Waals surface area (Å²) in [5.41, 5.74) is 0.987. The molecule has 0 bridgehead atoms. The number of carbonyl (C=O) groups is 1. The molecule has 1 aromatic carbocycles. The fraction of sp³-hybridized carbons (Fsp3) is 0.182. The van der Waals surface area contributed by atoms with Crippen LogP contribution < -0.4 is 5.32 Å². The zero-order valence-corrected chi connectivity index (χ0v) is 7.99. The van der Waals surface area contributed by atoms with Crippen LogP contribution in [-0.4, -0.2) is 13.1 Å². The van der Waals surface area contributed by atoms with E-state index in [9.17, 15) is 4.79 Å². The summed E-state index contributed by atoms with van der Waals surface area (Å²) in [6, 6.07) is 9.54. The van der Waals surface area contributed by atoms with Crippen LogP contribution >= 0.6 is 0 Å². The first kappa shape index (κ1) is 10.1. The highest BCUT2D eigenvalue weighted by Gasteiger charge is 1.96. The SMILES string of the molecule is CNC(=O)OCc1ccccc1.[2H]C#C. The van der Waals surface area contributed by atoms with Crippen LogP contribution in [0.25, 0.3) is 0 Å². The number of alkyl carbamates (subject to hydrolysis) is 1. The number of benzene rings is 1. The molecule has 74 valence electrons. The van der Waals surface area contributed by atoms with E-state index in [1.807, 2.05) is 30.3 Å². The molecular formula is C11H13NO2. The molecule has 1 amide bonds. The van der Waals surface area contributed by atoms with E-state index in [2.05, 4.69) is 11.7 Å². The number of ether oxygens (including phenoxy) is 1. The Hall–Kier alpha value is -1.95. The van der Waals surface area contributed by atoms with Gasteiger partial charge < -0.3 is 10.1 Å². The third kappa shape index (κ3) is 4.83. The van der Waals surface area contributed by atoms with Crippen molar-refractivity contribution in [1.29, 1.82) is 0 Å². The molecular weight excluding hydrogens is 178 g/mol. The quantitative estimate of drug-likeness (QED) is 0.725. The van der Waals surface area contributed by atoms with E-state index in [0.717, 1.165) is 5.56 Å². The lowest BCUT2D eigenvalue weighted by molar-refractivity contribution is 0.142. The lowest BCUT2D eigenvalue weighted by atomic mass is 10.2. The second kappa shape index (κ2) is 7.69. The molecule has 0 heterocycles. The Bertz CT molecular complexity index is 319. The molecule has 3 nitrogen and oxygen atoms in total. The van der Waals surface area contributed by atoms with Crippen LogP contribution in [0.4, 0.5) is 4.79 Å². The summed E-state index contributed by atoms with van der Waals surface area (Å²) in [6.45, 7) is 0.320. The minimum absolute atomic E-state index is 0.320. The van der Waals surface area contributed by atoms with Gasteiger partial charge in [0.1, 0.15) is 7.98 Å². The van der Waals surface area contributed by atoms with Crippen LogP contribution in [0.3, 0.4) is 0 Å². The number of carbonyl (C=O) groups excluding carboxylic acids is 1. The third-order valence-electron chi connectivity index (χ3n) is 1.42. The lowest BCUT2D eigenvalue weighted by Crippen LogP contribution is -2.18. The number of nitrogens with one attached hydrogen (secondary N) is 1. The van der Waals surface area contributed by atoms with E-state index in [1.54, 1.807) is 0 Å². The van der Waals surface area contributed by atoms with Crippen molar-refractivity contribution in [1.82, 2.24) is 5.32 Å². The Morgan fingerprint density at radius 1 is 1.57 bits per heavy atom. The van der Waals surface area contributed by atoms with Crippen LogP contribution in [0.1, 0.15) is 6.93 Å². The van der Waals surface area contributed by atoms with Gasteiger partial charge in [-0.1, -0.05) is 30.3 Å². The molecule has 14 heavy (non-hydrogen) atoms. The molecule has 3 heteroatoms. The van der Waals surface area contributed by atoms with Gasteiger partial charge in [0.15, 0.2) is 0 Å². The molecule has 0 fully saturated rings. The molecule has 1 aromatic rings. The minimum atomic E-state index is -0.404. The Balaban J connectivity index is 0.000000583. The van der Waals surface area contributed by atoms with Crippen LogP contribution in [0.15, 0.2) is 30.3 Å². The molecule has 0 radical (unpaired) electrons. The van der Waals surface area contributed by atoms with Crippen molar-refractivity contribution in [3.63, 3.8) is 0 Å². The molecule has 1 rings (SSSR count). The second-order valence-electron chi connectivity index (χ2n) is 2.31. The van der Waals surface area contributed by atoms with Crippen molar-refractivity contribution in [3.8, 4) is 12.8 Å². The minimum Gasteiger partial charge on any atom is -0.445 e. The van der Waals surface area contributed by atoms with E-state index in [0.29, 0.717) is 6.61 Å². The largest absolute Gasteiger partial charge is 0.445 e. The van der Waals surface area contributed by atoms with Gasteiger partial charge in [-0.3, -0.25) is 0 Å². The third-order valence-corrected chi connectivity index (χ3v) is 1.42. The molecule has 0 atom stereocenters. The summed E-state index contributed by atoms with van der Waals surface area (Å²) < 4.78 is 10.6. The average molecular weight is 192 g/mol. The monoisotopic (exact) mass is 192 g/mol. The van der Waals surface area contributed by atoms with Crippen LogP contribution in [0.5, 0.6) is 0 Å². The van der Waals surface area contributed by atoms with E-state index in [1.165, 1.54) is 13.4 Å². The smallest absolute Gasteiger partial charge is 0.407 e. The van der Waals surface area contributed by atoms with Crippen molar-refractivity contribution in [2.24, 2.45) is 0 Å². The maximum absolute atomic E-state index is 10.7. The number of terminal acetylenes is 1. The van der Waals surface area contributed by atoms with E-state index in [-0.39, 0.29) is 0 Å². The molecule has 0 spiro atoms. The Kier molecular flexibility index (Phi) is 5.56. The predicted molar refractivity (Wildman–Crippen MR) is 55.6 cm³/mol. The second-order valence-corrected chi connectivity index (χ2v) is 2.31. The summed E-state index contributed by atoms with van der Waals surface area (Å²) in [7, 11) is 1.54. The van der Waals surface area contributed by atoms with Crippen molar-refractivity contribution < 1.29 is 10.9 Å². The predicted octanol–water partition coefficient (Wildman–Crippen LogP) is 1.79. The fourth-order valence-corrected chi connectivity index (χ4v) is 0.795. The number of rotatable bonds is 2. The maximum Gasteiger partial charge on any atom is 0.407 e. The highest BCUT2D eigenvalue weighted by atomic mass is 16.5. The van der Waals surface area contributed by atoms with Crippen molar-refractivity contribution in [2.45, 2.75) is 6.61 Å². The van der Waals surface area contributed by atoms with Gasteiger partial charge in [-0.2, -0.15) is 0 Å². The number of hydrogen-bond acceptors (Lipinski definition) is 2. The summed E-state index contributed by atoms with van der Waals surface area (Å²) in [5.74, 6) is 0. The molecule has 0 aliphatic rings. The van der Waals surface area contributed by atoms with Gasteiger partial charge >= 0.3 is 6.09 Å². The number of amides is 1. The first-order valence-electron chi connectivity index (χ1n) is 4.50. The van der Waals surface area contributed by atoms with Gasteiger partial charge in [0.2, 0.25) is 0 Å². The Morgan fingerprint density at radius 3 is 2.64 bits per heavy atom. The molecule has 0 aromatic heterocycles. The fourth-order valence-electron chi connectivity index (χ4n) is 0.795. The van der Waals surface area contributed by atoms with Crippen LogP contribution in [0, 0.1) is 12.8 Å². The Labute approximate surface area is 85.5 Å². The standard InChI is InChI=1S/C9H11NO2.C2H2/c1-10-9(11)12-7-8-5-3-2-4-6-8;1-2/h2-6H,7H2,1H3,(H,10,11);1-2H/i;1D. The van der Waals surface area contributed by atoms with E-state index in [4.69, 9.17) is 6.11 Å². The molecule has 0 saturated carbocycles. The first-order valence-corrected chi connectivity index (χ1v) is 4.00. The highest BCUT2D eigenvalue weighted by Crippen LogP contribution is 1.99. The van der Waals surface area contributed by atoms with Gasteiger partial charge in [0, 0.05) is 7.05 Å². The van der Waals surface area contributed by atoms with Crippen molar-refractivity contribution in [2.75, 3.05) is 7.05 Å². The zero-order chi connectivity index (χ0) is 11.5. The summed E-state index contributed by atoms with van der Waals surface area (Å²) >= 11 is 0. The van der Waals surface area contributed by atoms with Crippen LogP contribution in [-0.2, 0) is 11.3 Å². The molecule has 1 N–H and O–H groups in total. The first-order chi connectivity index (χ1) is 7.24. The van der Waals surface area contributed by atoms with E-state index >= 15 is 0 Å². The Morgan fingerprint density at radius 2 is 2.14 bits per heavy atom. The topological polar surface area (TPSA) is 38.3 Å². The molecule has 0 aliphatic heterocycles. The van der Waals surface area contributed by atoms with Gasteiger partial charge in [-0.25, -0.2) is 4.79 Å². The summed E-state index contributed by atoms with van der Waals surface area (Å²) in [4.78, 5) is 10.7. The maximum atomic E-state index is 10.7. The average Bonchev–Trinajstić information content (AvgIpc) is 2.28. The van der Waals surface area contributed by atoms with E-state index < -0.39 is 6.09 Å². The molecule has 0 unspecified atom stereocenters.